The fourth-order valence-corrected chi connectivity index (χ4v) is 1.85. The maximum Gasteiger partial charge on any atom is 0.319 e. The minimum Gasteiger partial charge on any atom is -0.393 e. The Labute approximate surface area is 123 Å². The van der Waals surface area contributed by atoms with E-state index in [0.29, 0.717) is 25.2 Å². The summed E-state index contributed by atoms with van der Waals surface area (Å²) in [6, 6.07) is 9.68. The molecule has 0 saturated carbocycles. The van der Waals surface area contributed by atoms with Crippen LogP contribution in [0, 0.1) is 0 Å². The number of hydrogen-bond donors (Lipinski definition) is 3. The third-order valence-corrected chi connectivity index (χ3v) is 2.93. The molecular formula is C15H20N4O2. The number of aliphatic hydroxyl groups excluding tert-OH is 1. The van der Waals surface area contributed by atoms with E-state index in [-0.39, 0.29) is 6.03 Å². The van der Waals surface area contributed by atoms with Crippen LogP contribution in [-0.4, -0.2) is 33.6 Å². The standard InChI is InChI=1S/C15H20N4O2/c1-12(20)7-8-16-15(21)18-14-9-17-19(11-14)10-13-5-3-2-4-6-13/h2-6,9,11-12,20H,7-8,10H2,1H3,(H2,16,18,21). The van der Waals surface area contributed by atoms with E-state index in [1.165, 1.54) is 0 Å². The third-order valence-electron chi connectivity index (χ3n) is 2.93. The molecular weight excluding hydrogens is 268 g/mol. The van der Waals surface area contributed by atoms with Gasteiger partial charge in [0.15, 0.2) is 0 Å². The van der Waals surface area contributed by atoms with Crippen LogP contribution in [0.5, 0.6) is 0 Å². The summed E-state index contributed by atoms with van der Waals surface area (Å²) in [6.07, 6.45) is 3.50. The van der Waals surface area contributed by atoms with Gasteiger partial charge in [0, 0.05) is 12.7 Å². The highest BCUT2D eigenvalue weighted by molar-refractivity contribution is 5.88. The van der Waals surface area contributed by atoms with Gasteiger partial charge in [0.05, 0.1) is 24.5 Å². The first-order valence-electron chi connectivity index (χ1n) is 6.93. The number of aliphatic hydroxyl groups is 1. The van der Waals surface area contributed by atoms with Crippen LogP contribution in [0.15, 0.2) is 42.7 Å². The van der Waals surface area contributed by atoms with Crippen molar-refractivity contribution in [3.05, 3.63) is 48.3 Å². The molecule has 112 valence electrons. The van der Waals surface area contributed by atoms with Crippen molar-refractivity contribution < 1.29 is 9.90 Å². The molecule has 6 nitrogen and oxygen atoms in total. The number of nitrogens with one attached hydrogen (secondary N) is 2. The normalized spacial score (nSPS) is 11.9. The number of carbonyl (C=O) groups excluding carboxylic acids is 1. The van der Waals surface area contributed by atoms with Crippen LogP contribution >= 0.6 is 0 Å². The first kappa shape index (κ1) is 15.1. The second-order valence-corrected chi connectivity index (χ2v) is 4.93. The number of urea groups is 1. The number of anilines is 1. The van der Waals surface area contributed by atoms with Crippen LogP contribution in [0.2, 0.25) is 0 Å². The Balaban J connectivity index is 1.81. The number of rotatable bonds is 6. The Morgan fingerprint density at radius 3 is 2.86 bits per heavy atom. The predicted molar refractivity (Wildman–Crippen MR) is 81.1 cm³/mol. The molecule has 0 radical (unpaired) electrons. The predicted octanol–water partition coefficient (Wildman–Crippen LogP) is 1.82. The molecule has 2 rings (SSSR count). The molecule has 0 spiro atoms. The Bertz CT molecular complexity index is 566. The van der Waals surface area contributed by atoms with E-state index in [4.69, 9.17) is 5.11 Å². The topological polar surface area (TPSA) is 79.2 Å². The summed E-state index contributed by atoms with van der Waals surface area (Å²) in [5, 5.41) is 18.7. The van der Waals surface area contributed by atoms with Gasteiger partial charge in [0.1, 0.15) is 0 Å². The van der Waals surface area contributed by atoms with Gasteiger partial charge in [-0.15, -0.1) is 0 Å². The van der Waals surface area contributed by atoms with E-state index in [1.807, 2.05) is 30.3 Å². The highest BCUT2D eigenvalue weighted by atomic mass is 16.3. The first-order valence-corrected chi connectivity index (χ1v) is 6.93. The lowest BCUT2D eigenvalue weighted by atomic mass is 10.2. The summed E-state index contributed by atoms with van der Waals surface area (Å²) in [7, 11) is 0. The fraction of sp³-hybridized carbons (Fsp3) is 0.333. The SMILES string of the molecule is CC(O)CCNC(=O)Nc1cnn(Cc2ccccc2)c1. The van der Waals surface area contributed by atoms with Gasteiger partial charge >= 0.3 is 6.03 Å². The molecule has 1 aromatic heterocycles. The van der Waals surface area contributed by atoms with E-state index < -0.39 is 6.10 Å². The average molecular weight is 288 g/mol. The molecule has 21 heavy (non-hydrogen) atoms. The molecule has 0 aliphatic rings. The van der Waals surface area contributed by atoms with Crippen LogP contribution in [-0.2, 0) is 6.54 Å². The maximum atomic E-state index is 11.6. The average Bonchev–Trinajstić information content (AvgIpc) is 2.86. The van der Waals surface area contributed by atoms with Gasteiger partial charge in [0.25, 0.3) is 0 Å². The number of hydrogen-bond acceptors (Lipinski definition) is 3. The van der Waals surface area contributed by atoms with Gasteiger partial charge in [-0.1, -0.05) is 30.3 Å². The first-order chi connectivity index (χ1) is 10.1. The molecule has 0 bridgehead atoms. The molecule has 2 amide bonds. The lowest BCUT2D eigenvalue weighted by Gasteiger charge is -2.07. The Morgan fingerprint density at radius 1 is 1.38 bits per heavy atom. The van der Waals surface area contributed by atoms with E-state index in [1.54, 1.807) is 24.0 Å². The van der Waals surface area contributed by atoms with Crippen molar-refractivity contribution >= 4 is 11.7 Å². The summed E-state index contributed by atoms with van der Waals surface area (Å²) >= 11 is 0. The van der Waals surface area contributed by atoms with Crippen molar-refractivity contribution in [3.63, 3.8) is 0 Å². The van der Waals surface area contributed by atoms with Crippen LogP contribution < -0.4 is 10.6 Å². The second-order valence-electron chi connectivity index (χ2n) is 4.93. The zero-order chi connectivity index (χ0) is 15.1. The van der Waals surface area contributed by atoms with Crippen molar-refractivity contribution in [1.29, 1.82) is 0 Å². The largest absolute Gasteiger partial charge is 0.393 e. The monoisotopic (exact) mass is 288 g/mol. The van der Waals surface area contributed by atoms with Crippen LogP contribution in [0.25, 0.3) is 0 Å². The molecule has 0 aliphatic carbocycles. The molecule has 1 heterocycles. The van der Waals surface area contributed by atoms with Crippen LogP contribution in [0.3, 0.4) is 0 Å². The van der Waals surface area contributed by atoms with Gasteiger partial charge in [-0.25, -0.2) is 4.79 Å². The number of nitrogens with zero attached hydrogens (tertiary/aromatic N) is 2. The number of aromatic nitrogens is 2. The van der Waals surface area contributed by atoms with E-state index >= 15 is 0 Å². The third kappa shape index (κ3) is 5.27. The summed E-state index contributed by atoms with van der Waals surface area (Å²) in [4.78, 5) is 11.6. The second kappa shape index (κ2) is 7.44. The Kier molecular flexibility index (Phi) is 5.34. The van der Waals surface area contributed by atoms with Crippen molar-refractivity contribution in [2.24, 2.45) is 0 Å². The van der Waals surface area contributed by atoms with Crippen molar-refractivity contribution in [2.75, 3.05) is 11.9 Å². The van der Waals surface area contributed by atoms with Gasteiger partial charge in [-0.2, -0.15) is 5.10 Å². The van der Waals surface area contributed by atoms with Crippen molar-refractivity contribution in [1.82, 2.24) is 15.1 Å². The molecule has 1 atom stereocenters. The molecule has 1 unspecified atom stereocenters. The quantitative estimate of drug-likeness (QED) is 0.758. The van der Waals surface area contributed by atoms with Gasteiger partial charge in [-0.3, -0.25) is 4.68 Å². The minimum atomic E-state index is -0.418. The molecule has 2 aromatic rings. The molecule has 3 N–H and O–H groups in total. The van der Waals surface area contributed by atoms with Gasteiger partial charge in [0.2, 0.25) is 0 Å². The fourth-order valence-electron chi connectivity index (χ4n) is 1.85. The number of amides is 2. The zero-order valence-electron chi connectivity index (χ0n) is 12.0. The Hall–Kier alpha value is -2.34. The molecule has 0 saturated heterocycles. The summed E-state index contributed by atoms with van der Waals surface area (Å²) in [5.74, 6) is 0. The highest BCUT2D eigenvalue weighted by Crippen LogP contribution is 2.07. The van der Waals surface area contributed by atoms with E-state index in [9.17, 15) is 4.79 Å². The lowest BCUT2D eigenvalue weighted by Crippen LogP contribution is -2.30. The summed E-state index contributed by atoms with van der Waals surface area (Å²) in [6.45, 7) is 2.78. The summed E-state index contributed by atoms with van der Waals surface area (Å²) in [5.41, 5.74) is 1.79. The minimum absolute atomic E-state index is 0.296. The molecule has 6 heteroatoms. The van der Waals surface area contributed by atoms with Crippen molar-refractivity contribution in [3.8, 4) is 0 Å². The van der Waals surface area contributed by atoms with Crippen LogP contribution in [0.1, 0.15) is 18.9 Å². The highest BCUT2D eigenvalue weighted by Gasteiger charge is 2.05. The maximum absolute atomic E-state index is 11.6. The zero-order valence-corrected chi connectivity index (χ0v) is 12.0. The molecule has 0 aliphatic heterocycles. The van der Waals surface area contributed by atoms with Gasteiger partial charge in [-0.05, 0) is 18.9 Å². The molecule has 0 fully saturated rings. The molecule has 1 aromatic carbocycles. The van der Waals surface area contributed by atoms with E-state index in [2.05, 4.69) is 15.7 Å². The van der Waals surface area contributed by atoms with Gasteiger partial charge < -0.3 is 15.7 Å². The summed E-state index contributed by atoms with van der Waals surface area (Å²) < 4.78 is 1.76. The van der Waals surface area contributed by atoms with E-state index in [0.717, 1.165) is 5.56 Å². The number of benzene rings is 1. The van der Waals surface area contributed by atoms with Crippen LogP contribution in [0.4, 0.5) is 10.5 Å². The number of carbonyl (C=O) groups is 1. The smallest absolute Gasteiger partial charge is 0.319 e. The Morgan fingerprint density at radius 2 is 2.14 bits per heavy atom. The lowest BCUT2D eigenvalue weighted by molar-refractivity contribution is 0.184. The van der Waals surface area contributed by atoms with Crippen molar-refractivity contribution in [2.45, 2.75) is 26.0 Å².